The molecule has 0 fully saturated rings. The maximum absolute atomic E-state index is 12.5. The third kappa shape index (κ3) is 5.24. The summed E-state index contributed by atoms with van der Waals surface area (Å²) in [5, 5.41) is 5.28. The van der Waals surface area contributed by atoms with Crippen LogP contribution in [0.1, 0.15) is 27.0 Å². The van der Waals surface area contributed by atoms with Gasteiger partial charge in [-0.1, -0.05) is 66.7 Å². The number of carbonyl (C=O) groups excluding carboxylic acids is 1. The van der Waals surface area contributed by atoms with Crippen LogP contribution in [-0.2, 0) is 19.5 Å². The van der Waals surface area contributed by atoms with Crippen LogP contribution in [0.4, 0.5) is 0 Å². The van der Waals surface area contributed by atoms with Crippen molar-refractivity contribution < 1.29 is 9.53 Å². The summed E-state index contributed by atoms with van der Waals surface area (Å²) in [6.45, 7) is 3.83. The Morgan fingerprint density at radius 1 is 0.848 bits per heavy atom. The predicted molar refractivity (Wildman–Crippen MR) is 132 cm³/mol. The molecule has 4 nitrogen and oxygen atoms in total. The molecule has 1 amide bonds. The van der Waals surface area contributed by atoms with Crippen LogP contribution in [0.15, 0.2) is 91.0 Å². The summed E-state index contributed by atoms with van der Waals surface area (Å²) in [7, 11) is 0. The van der Waals surface area contributed by atoms with Crippen LogP contribution >= 0.6 is 0 Å². The maximum atomic E-state index is 12.5. The molecule has 166 valence electrons. The summed E-state index contributed by atoms with van der Waals surface area (Å²) in [6.07, 6.45) is 1.10. The van der Waals surface area contributed by atoms with Crippen molar-refractivity contribution in [2.75, 3.05) is 19.7 Å². The molecule has 1 heterocycles. The molecule has 1 aliphatic heterocycles. The van der Waals surface area contributed by atoms with Crippen molar-refractivity contribution in [3.63, 3.8) is 0 Å². The van der Waals surface area contributed by atoms with E-state index in [-0.39, 0.29) is 5.91 Å². The summed E-state index contributed by atoms with van der Waals surface area (Å²) >= 11 is 0. The first kappa shape index (κ1) is 21.2. The number of fused-ring (bicyclic) bond motifs is 2. The molecule has 0 saturated heterocycles. The molecule has 0 bridgehead atoms. The van der Waals surface area contributed by atoms with E-state index in [1.54, 1.807) is 0 Å². The lowest BCUT2D eigenvalue weighted by Crippen LogP contribution is -2.30. The Balaban J connectivity index is 1.09. The highest BCUT2D eigenvalue weighted by Gasteiger charge is 2.16. The minimum absolute atomic E-state index is 0.0736. The van der Waals surface area contributed by atoms with Crippen LogP contribution in [-0.4, -0.2) is 30.5 Å². The summed E-state index contributed by atoms with van der Waals surface area (Å²) in [5.74, 6) is 0.739. The van der Waals surface area contributed by atoms with Crippen LogP contribution in [0.2, 0.25) is 0 Å². The van der Waals surface area contributed by atoms with E-state index < -0.39 is 0 Å². The van der Waals surface area contributed by atoms with Crippen molar-refractivity contribution in [3.8, 4) is 5.75 Å². The number of nitrogens with zero attached hydrogens (tertiary/aromatic N) is 1. The molecule has 0 saturated carbocycles. The van der Waals surface area contributed by atoms with Gasteiger partial charge in [0, 0.05) is 25.2 Å². The smallest absolute Gasteiger partial charge is 0.251 e. The van der Waals surface area contributed by atoms with Gasteiger partial charge in [0.05, 0.1) is 6.54 Å². The van der Waals surface area contributed by atoms with E-state index in [4.69, 9.17) is 4.74 Å². The molecule has 0 aliphatic carbocycles. The van der Waals surface area contributed by atoms with Crippen LogP contribution in [0.5, 0.6) is 5.75 Å². The molecule has 0 radical (unpaired) electrons. The van der Waals surface area contributed by atoms with Crippen molar-refractivity contribution in [1.29, 1.82) is 0 Å². The number of benzene rings is 4. The predicted octanol–water partition coefficient (Wildman–Crippen LogP) is 5.21. The van der Waals surface area contributed by atoms with E-state index in [2.05, 4.69) is 58.7 Å². The van der Waals surface area contributed by atoms with E-state index >= 15 is 0 Å². The molecule has 5 rings (SSSR count). The van der Waals surface area contributed by atoms with E-state index in [1.165, 1.54) is 22.1 Å². The maximum Gasteiger partial charge on any atom is 0.251 e. The van der Waals surface area contributed by atoms with Crippen molar-refractivity contribution in [2.45, 2.75) is 19.5 Å². The molecule has 0 aromatic heterocycles. The first-order valence-electron chi connectivity index (χ1n) is 11.5. The average Bonchev–Trinajstić information content (AvgIpc) is 2.87. The minimum Gasteiger partial charge on any atom is -0.492 e. The SMILES string of the molecule is O=C(NCCOc1ccc2ccccc2c1)c1ccc(CN2CCc3ccccc3C2)cc1. The normalized spacial score (nSPS) is 13.5. The number of hydrogen-bond donors (Lipinski definition) is 1. The summed E-state index contributed by atoms with van der Waals surface area (Å²) in [5.41, 5.74) is 4.79. The Hall–Kier alpha value is -3.63. The Labute approximate surface area is 194 Å². The summed E-state index contributed by atoms with van der Waals surface area (Å²) in [6, 6.07) is 30.8. The third-order valence-corrected chi connectivity index (χ3v) is 6.21. The minimum atomic E-state index is -0.0736. The lowest BCUT2D eigenvalue weighted by atomic mass is 9.99. The van der Waals surface area contributed by atoms with Crippen molar-refractivity contribution >= 4 is 16.7 Å². The van der Waals surface area contributed by atoms with Gasteiger partial charge in [-0.3, -0.25) is 9.69 Å². The third-order valence-electron chi connectivity index (χ3n) is 6.21. The van der Waals surface area contributed by atoms with Gasteiger partial charge in [0.2, 0.25) is 0 Å². The number of rotatable bonds is 7. The highest BCUT2D eigenvalue weighted by molar-refractivity contribution is 5.94. The highest BCUT2D eigenvalue weighted by Crippen LogP contribution is 2.21. The number of carbonyl (C=O) groups is 1. The zero-order valence-electron chi connectivity index (χ0n) is 18.7. The highest BCUT2D eigenvalue weighted by atomic mass is 16.5. The van der Waals surface area contributed by atoms with Gasteiger partial charge in [-0.25, -0.2) is 0 Å². The number of nitrogens with one attached hydrogen (secondary N) is 1. The van der Waals surface area contributed by atoms with Crippen LogP contribution in [0.25, 0.3) is 10.8 Å². The molecule has 1 aliphatic rings. The molecular formula is C29H28N2O2. The van der Waals surface area contributed by atoms with Gasteiger partial charge in [-0.15, -0.1) is 0 Å². The first-order chi connectivity index (χ1) is 16.2. The van der Waals surface area contributed by atoms with Crippen molar-refractivity contribution in [2.24, 2.45) is 0 Å². The lowest BCUT2D eigenvalue weighted by molar-refractivity contribution is 0.0947. The van der Waals surface area contributed by atoms with Gasteiger partial charge in [0.1, 0.15) is 12.4 Å². The molecule has 4 aromatic rings. The Morgan fingerprint density at radius 3 is 2.45 bits per heavy atom. The molecular weight excluding hydrogens is 408 g/mol. The Kier molecular flexibility index (Phi) is 6.36. The van der Waals surface area contributed by atoms with Crippen molar-refractivity contribution in [1.82, 2.24) is 10.2 Å². The van der Waals surface area contributed by atoms with Crippen LogP contribution in [0, 0.1) is 0 Å². The van der Waals surface area contributed by atoms with Gasteiger partial charge in [-0.05, 0) is 58.1 Å². The average molecular weight is 437 g/mol. The number of amides is 1. The zero-order chi connectivity index (χ0) is 22.5. The topological polar surface area (TPSA) is 41.6 Å². The summed E-state index contributed by atoms with van der Waals surface area (Å²) < 4.78 is 5.81. The van der Waals surface area contributed by atoms with Gasteiger partial charge < -0.3 is 10.1 Å². The molecule has 33 heavy (non-hydrogen) atoms. The lowest BCUT2D eigenvalue weighted by Gasteiger charge is -2.28. The molecule has 4 aromatic carbocycles. The van der Waals surface area contributed by atoms with Gasteiger partial charge in [-0.2, -0.15) is 0 Å². The zero-order valence-corrected chi connectivity index (χ0v) is 18.7. The fourth-order valence-electron chi connectivity index (χ4n) is 4.40. The van der Waals surface area contributed by atoms with E-state index in [0.717, 1.165) is 37.2 Å². The van der Waals surface area contributed by atoms with Gasteiger partial charge in [0.15, 0.2) is 0 Å². The molecule has 0 spiro atoms. The quantitative estimate of drug-likeness (QED) is 0.405. The first-order valence-corrected chi connectivity index (χ1v) is 11.5. The summed E-state index contributed by atoms with van der Waals surface area (Å²) in [4.78, 5) is 15.0. The standard InChI is InChI=1S/C29H28N2O2/c32-29(30-16-18-33-28-14-13-23-5-1-3-7-26(23)19-28)25-11-9-22(10-12-25)20-31-17-15-24-6-2-4-8-27(24)21-31/h1-14,19H,15-18,20-21H2,(H,30,32). The number of ether oxygens (including phenoxy) is 1. The molecule has 1 N–H and O–H groups in total. The van der Waals surface area contributed by atoms with E-state index in [0.29, 0.717) is 18.7 Å². The second-order valence-electron chi connectivity index (χ2n) is 8.54. The largest absolute Gasteiger partial charge is 0.492 e. The monoisotopic (exact) mass is 436 g/mol. The second kappa shape index (κ2) is 9.88. The van der Waals surface area contributed by atoms with Crippen molar-refractivity contribution in [3.05, 3.63) is 113 Å². The Morgan fingerprint density at radius 2 is 1.61 bits per heavy atom. The fraction of sp³-hybridized carbons (Fsp3) is 0.207. The van der Waals surface area contributed by atoms with E-state index in [1.807, 2.05) is 42.5 Å². The number of hydrogen-bond acceptors (Lipinski definition) is 3. The van der Waals surface area contributed by atoms with E-state index in [9.17, 15) is 4.79 Å². The second-order valence-corrected chi connectivity index (χ2v) is 8.54. The van der Waals surface area contributed by atoms with Crippen LogP contribution < -0.4 is 10.1 Å². The molecule has 0 unspecified atom stereocenters. The van der Waals surface area contributed by atoms with Crippen LogP contribution in [0.3, 0.4) is 0 Å². The molecule has 0 atom stereocenters. The van der Waals surface area contributed by atoms with Gasteiger partial charge in [0.25, 0.3) is 5.91 Å². The molecule has 4 heteroatoms. The Bertz CT molecular complexity index is 1250. The van der Waals surface area contributed by atoms with Gasteiger partial charge >= 0.3 is 0 Å². The fourth-order valence-corrected chi connectivity index (χ4v) is 4.40.